The highest BCUT2D eigenvalue weighted by Crippen LogP contribution is 2.22. The molecule has 1 rings (SSSR count). The maximum Gasteiger partial charge on any atom is 0.251 e. The van der Waals surface area contributed by atoms with Crippen molar-refractivity contribution < 1.29 is 4.79 Å². The lowest BCUT2D eigenvalue weighted by atomic mass is 10.1. The lowest BCUT2D eigenvalue weighted by Crippen LogP contribution is -2.21. The minimum atomic E-state index is -0.0958. The number of carbonyl (C=O) groups excluding carboxylic acids is 1. The number of rotatable bonds is 6. The molecule has 100 valence electrons. The Morgan fingerprint density at radius 1 is 1.39 bits per heavy atom. The van der Waals surface area contributed by atoms with E-state index in [1.54, 1.807) is 19.2 Å². The zero-order valence-electron chi connectivity index (χ0n) is 11.4. The molecule has 0 aliphatic carbocycles. The van der Waals surface area contributed by atoms with Crippen molar-refractivity contribution in [3.63, 3.8) is 0 Å². The van der Waals surface area contributed by atoms with Crippen molar-refractivity contribution in [3.05, 3.63) is 23.8 Å². The van der Waals surface area contributed by atoms with E-state index in [0.29, 0.717) is 17.3 Å². The number of hydrogen-bond donors (Lipinski definition) is 3. The Hall–Kier alpha value is -1.71. The third-order valence-corrected chi connectivity index (χ3v) is 3.03. The molecule has 0 aliphatic rings. The molecular formula is C14H23N3O. The summed E-state index contributed by atoms with van der Waals surface area (Å²) in [6, 6.07) is 5.72. The van der Waals surface area contributed by atoms with Crippen LogP contribution in [0.3, 0.4) is 0 Å². The van der Waals surface area contributed by atoms with Gasteiger partial charge in [-0.2, -0.15) is 0 Å². The van der Waals surface area contributed by atoms with E-state index in [-0.39, 0.29) is 5.91 Å². The molecule has 0 spiro atoms. The first-order valence-corrected chi connectivity index (χ1v) is 6.50. The molecule has 0 saturated carbocycles. The molecule has 1 aromatic carbocycles. The van der Waals surface area contributed by atoms with Gasteiger partial charge in [0.15, 0.2) is 0 Å². The van der Waals surface area contributed by atoms with E-state index in [1.165, 1.54) is 0 Å². The number of anilines is 2. The summed E-state index contributed by atoms with van der Waals surface area (Å²) in [7, 11) is 1.62. The van der Waals surface area contributed by atoms with Crippen LogP contribution in [0.4, 0.5) is 11.4 Å². The van der Waals surface area contributed by atoms with E-state index in [2.05, 4.69) is 24.5 Å². The standard InChI is InChI=1S/C14H23N3O/c1-4-6-11(5-2)17-13-9-10(14(18)16-3)7-8-12(13)15/h7-9,11,17H,4-6,15H2,1-3H3,(H,16,18). The second kappa shape index (κ2) is 6.89. The van der Waals surface area contributed by atoms with Crippen LogP contribution < -0.4 is 16.4 Å². The first-order valence-electron chi connectivity index (χ1n) is 6.50. The van der Waals surface area contributed by atoms with Crippen molar-refractivity contribution in [2.24, 2.45) is 0 Å². The Labute approximate surface area is 109 Å². The molecule has 0 radical (unpaired) electrons. The molecular weight excluding hydrogens is 226 g/mol. The maximum atomic E-state index is 11.6. The molecule has 0 saturated heterocycles. The molecule has 1 amide bonds. The van der Waals surface area contributed by atoms with Crippen LogP contribution in [0.2, 0.25) is 0 Å². The third kappa shape index (κ3) is 3.65. The number of hydrogen-bond acceptors (Lipinski definition) is 3. The highest BCUT2D eigenvalue weighted by atomic mass is 16.1. The summed E-state index contributed by atoms with van der Waals surface area (Å²) >= 11 is 0. The fourth-order valence-corrected chi connectivity index (χ4v) is 1.91. The van der Waals surface area contributed by atoms with Crippen LogP contribution in [0.25, 0.3) is 0 Å². The fourth-order valence-electron chi connectivity index (χ4n) is 1.91. The van der Waals surface area contributed by atoms with Gasteiger partial charge in [-0.25, -0.2) is 0 Å². The van der Waals surface area contributed by atoms with E-state index >= 15 is 0 Å². The van der Waals surface area contributed by atoms with Gasteiger partial charge >= 0.3 is 0 Å². The third-order valence-electron chi connectivity index (χ3n) is 3.03. The minimum Gasteiger partial charge on any atom is -0.397 e. The number of nitrogens with one attached hydrogen (secondary N) is 2. The van der Waals surface area contributed by atoms with E-state index in [0.717, 1.165) is 24.9 Å². The van der Waals surface area contributed by atoms with Gasteiger partial charge in [0, 0.05) is 18.7 Å². The van der Waals surface area contributed by atoms with Crippen LogP contribution in [0.1, 0.15) is 43.5 Å². The molecule has 0 heterocycles. The van der Waals surface area contributed by atoms with Crippen molar-refractivity contribution >= 4 is 17.3 Å². The smallest absolute Gasteiger partial charge is 0.251 e. The summed E-state index contributed by atoms with van der Waals surface area (Å²) in [6.07, 6.45) is 3.26. The maximum absolute atomic E-state index is 11.6. The monoisotopic (exact) mass is 249 g/mol. The van der Waals surface area contributed by atoms with Gasteiger partial charge < -0.3 is 16.4 Å². The van der Waals surface area contributed by atoms with Crippen molar-refractivity contribution in [2.45, 2.75) is 39.2 Å². The number of benzene rings is 1. The number of carbonyl (C=O) groups is 1. The van der Waals surface area contributed by atoms with Crippen LogP contribution in [-0.4, -0.2) is 19.0 Å². The molecule has 1 aromatic rings. The fraction of sp³-hybridized carbons (Fsp3) is 0.500. The Balaban J connectivity index is 2.89. The second-order valence-corrected chi connectivity index (χ2v) is 4.42. The van der Waals surface area contributed by atoms with Crippen LogP contribution in [0, 0.1) is 0 Å². The summed E-state index contributed by atoms with van der Waals surface area (Å²) in [5.74, 6) is -0.0958. The number of amides is 1. The largest absolute Gasteiger partial charge is 0.397 e. The predicted molar refractivity (Wildman–Crippen MR) is 76.9 cm³/mol. The average Bonchev–Trinajstić information content (AvgIpc) is 2.39. The molecule has 0 aromatic heterocycles. The van der Waals surface area contributed by atoms with Crippen LogP contribution in [-0.2, 0) is 0 Å². The van der Waals surface area contributed by atoms with Gasteiger partial charge in [-0.15, -0.1) is 0 Å². The number of nitrogen functional groups attached to an aromatic ring is 1. The normalized spacial score (nSPS) is 11.9. The molecule has 1 atom stereocenters. The van der Waals surface area contributed by atoms with E-state index in [1.807, 2.05) is 6.07 Å². The van der Waals surface area contributed by atoms with Crippen LogP contribution in [0.5, 0.6) is 0 Å². The van der Waals surface area contributed by atoms with Gasteiger partial charge in [0.05, 0.1) is 11.4 Å². The first kappa shape index (κ1) is 14.4. The molecule has 4 heteroatoms. The van der Waals surface area contributed by atoms with E-state index in [4.69, 9.17) is 5.73 Å². The lowest BCUT2D eigenvalue weighted by Gasteiger charge is -2.19. The summed E-state index contributed by atoms with van der Waals surface area (Å²) in [5.41, 5.74) is 8.08. The number of nitrogens with two attached hydrogens (primary N) is 1. The van der Waals surface area contributed by atoms with Crippen LogP contribution in [0.15, 0.2) is 18.2 Å². The summed E-state index contributed by atoms with van der Waals surface area (Å²) in [5, 5.41) is 6.03. The Morgan fingerprint density at radius 2 is 2.11 bits per heavy atom. The molecule has 4 nitrogen and oxygen atoms in total. The molecule has 1 unspecified atom stereocenters. The summed E-state index contributed by atoms with van der Waals surface area (Å²) in [6.45, 7) is 4.31. The van der Waals surface area contributed by atoms with Gasteiger partial charge in [0.25, 0.3) is 5.91 Å². The van der Waals surface area contributed by atoms with Crippen molar-refractivity contribution in [1.82, 2.24) is 5.32 Å². The van der Waals surface area contributed by atoms with Gasteiger partial charge in [-0.3, -0.25) is 4.79 Å². The highest BCUT2D eigenvalue weighted by Gasteiger charge is 2.10. The molecule has 4 N–H and O–H groups in total. The van der Waals surface area contributed by atoms with E-state index < -0.39 is 0 Å². The molecule has 0 aliphatic heterocycles. The Bertz CT molecular complexity index is 404. The Kier molecular flexibility index (Phi) is 5.49. The van der Waals surface area contributed by atoms with Crippen molar-refractivity contribution in [2.75, 3.05) is 18.1 Å². The highest BCUT2D eigenvalue weighted by molar-refractivity contribution is 5.96. The average molecular weight is 249 g/mol. The first-order chi connectivity index (χ1) is 8.62. The van der Waals surface area contributed by atoms with Gasteiger partial charge in [0.1, 0.15) is 0 Å². The molecule has 18 heavy (non-hydrogen) atoms. The topological polar surface area (TPSA) is 67.2 Å². The minimum absolute atomic E-state index is 0.0958. The van der Waals surface area contributed by atoms with Crippen LogP contribution >= 0.6 is 0 Å². The second-order valence-electron chi connectivity index (χ2n) is 4.42. The SMILES string of the molecule is CCCC(CC)Nc1cc(C(=O)NC)ccc1N. The van der Waals surface area contributed by atoms with Gasteiger partial charge in [-0.05, 0) is 31.0 Å². The van der Waals surface area contributed by atoms with Gasteiger partial charge in [-0.1, -0.05) is 20.3 Å². The summed E-state index contributed by atoms with van der Waals surface area (Å²) in [4.78, 5) is 11.6. The quantitative estimate of drug-likeness (QED) is 0.679. The van der Waals surface area contributed by atoms with Crippen molar-refractivity contribution in [3.8, 4) is 0 Å². The van der Waals surface area contributed by atoms with E-state index in [9.17, 15) is 4.79 Å². The molecule has 0 bridgehead atoms. The summed E-state index contributed by atoms with van der Waals surface area (Å²) < 4.78 is 0. The lowest BCUT2D eigenvalue weighted by molar-refractivity contribution is 0.0963. The van der Waals surface area contributed by atoms with Crippen molar-refractivity contribution in [1.29, 1.82) is 0 Å². The Morgan fingerprint density at radius 3 is 2.67 bits per heavy atom. The van der Waals surface area contributed by atoms with Gasteiger partial charge in [0.2, 0.25) is 0 Å². The molecule has 0 fully saturated rings. The zero-order chi connectivity index (χ0) is 13.5. The predicted octanol–water partition coefficient (Wildman–Crippen LogP) is 2.62. The zero-order valence-corrected chi connectivity index (χ0v) is 11.4.